The first-order valence-electron chi connectivity index (χ1n) is 8.01. The van der Waals surface area contributed by atoms with E-state index in [1.165, 1.54) is 7.05 Å². The van der Waals surface area contributed by atoms with E-state index in [2.05, 4.69) is 0 Å². The zero-order valence-corrected chi connectivity index (χ0v) is 14.9. The van der Waals surface area contributed by atoms with Gasteiger partial charge in [0.1, 0.15) is 6.61 Å². The van der Waals surface area contributed by atoms with Crippen LogP contribution in [0.25, 0.3) is 0 Å². The number of benzene rings is 1. The van der Waals surface area contributed by atoms with Gasteiger partial charge in [0.25, 0.3) is 0 Å². The van der Waals surface area contributed by atoms with Crippen LogP contribution in [0, 0.1) is 5.92 Å². The Kier molecular flexibility index (Phi) is 7.11. The van der Waals surface area contributed by atoms with Gasteiger partial charge in [0.15, 0.2) is 5.78 Å². The van der Waals surface area contributed by atoms with E-state index < -0.39 is 29.5 Å². The second-order valence-electron chi connectivity index (χ2n) is 6.54. The van der Waals surface area contributed by atoms with Crippen molar-refractivity contribution in [2.45, 2.75) is 45.4 Å². The van der Waals surface area contributed by atoms with Gasteiger partial charge in [-0.05, 0) is 24.8 Å². The number of hydrogen-bond acceptors (Lipinski definition) is 5. The van der Waals surface area contributed by atoms with Gasteiger partial charge in [-0.25, -0.2) is 9.59 Å². The van der Waals surface area contributed by atoms with Gasteiger partial charge in [-0.1, -0.05) is 44.2 Å². The number of carbonyl (C=O) groups excluding carboxylic acids is 2. The average molecular weight is 351 g/mol. The Morgan fingerprint density at radius 2 is 1.76 bits per heavy atom. The fourth-order valence-corrected chi connectivity index (χ4v) is 2.27. The fourth-order valence-electron chi connectivity index (χ4n) is 2.27. The summed E-state index contributed by atoms with van der Waals surface area (Å²) in [6.07, 6.45) is -0.553. The second kappa shape index (κ2) is 8.62. The number of likely N-dealkylation sites (N-methyl/N-ethyl adjacent to an activating group) is 1. The Bertz CT molecular complexity index is 611. The maximum Gasteiger partial charge on any atom is 0.410 e. The zero-order valence-electron chi connectivity index (χ0n) is 14.9. The van der Waals surface area contributed by atoms with E-state index in [-0.39, 0.29) is 18.9 Å². The van der Waals surface area contributed by atoms with Crippen molar-refractivity contribution in [3.05, 3.63) is 35.9 Å². The van der Waals surface area contributed by atoms with Crippen LogP contribution in [0.3, 0.4) is 0 Å². The lowest BCUT2D eigenvalue weighted by atomic mass is 9.89. The Hall–Kier alpha value is -2.41. The molecule has 0 aliphatic carbocycles. The highest BCUT2D eigenvalue weighted by molar-refractivity contribution is 6.08. The van der Waals surface area contributed by atoms with Crippen molar-refractivity contribution in [1.29, 1.82) is 0 Å². The molecule has 7 nitrogen and oxygen atoms in total. The maximum atomic E-state index is 12.5. The van der Waals surface area contributed by atoms with Gasteiger partial charge in [0.2, 0.25) is 5.60 Å². The number of aliphatic hydroxyl groups is 1. The molecule has 0 aromatic heterocycles. The van der Waals surface area contributed by atoms with Gasteiger partial charge in [-0.2, -0.15) is 0 Å². The summed E-state index contributed by atoms with van der Waals surface area (Å²) < 4.78 is 5.18. The third-order valence-electron chi connectivity index (χ3n) is 3.85. The standard InChI is InChI=1S/C18H25NO6/c1-12(2)10-14(15(20)18(3,24)16(21)22)19(4)17(23)25-11-13-8-6-5-7-9-13/h5-9,12,14,24H,10-11H2,1-4H3,(H,21,22)/t14-,18?/m0/s1. The van der Waals surface area contributed by atoms with Crippen molar-refractivity contribution in [1.82, 2.24) is 4.90 Å². The number of carbonyl (C=O) groups is 3. The molecule has 1 unspecified atom stereocenters. The normalized spacial score (nSPS) is 14.5. The van der Waals surface area contributed by atoms with E-state index >= 15 is 0 Å². The van der Waals surface area contributed by atoms with Crippen molar-refractivity contribution >= 4 is 17.8 Å². The molecular weight excluding hydrogens is 326 g/mol. The van der Waals surface area contributed by atoms with E-state index in [1.54, 1.807) is 12.1 Å². The van der Waals surface area contributed by atoms with E-state index in [0.29, 0.717) is 0 Å². The first-order valence-corrected chi connectivity index (χ1v) is 8.01. The summed E-state index contributed by atoms with van der Waals surface area (Å²) in [5.74, 6) is -2.60. The summed E-state index contributed by atoms with van der Waals surface area (Å²) in [6, 6.07) is 7.93. The summed E-state index contributed by atoms with van der Waals surface area (Å²) >= 11 is 0. The molecule has 25 heavy (non-hydrogen) atoms. The Morgan fingerprint density at radius 1 is 1.20 bits per heavy atom. The lowest BCUT2D eigenvalue weighted by Gasteiger charge is -2.31. The molecule has 0 aliphatic heterocycles. The van der Waals surface area contributed by atoms with Gasteiger partial charge >= 0.3 is 12.1 Å². The topological polar surface area (TPSA) is 104 Å². The number of ketones is 1. The van der Waals surface area contributed by atoms with Crippen LogP contribution < -0.4 is 0 Å². The predicted molar refractivity (Wildman–Crippen MR) is 90.9 cm³/mol. The molecule has 0 spiro atoms. The SMILES string of the molecule is CC(C)C[C@@H](C(=O)C(C)(O)C(=O)O)N(C)C(=O)OCc1ccccc1. The number of ether oxygens (including phenoxy) is 1. The van der Waals surface area contributed by atoms with Gasteiger partial charge < -0.3 is 19.8 Å². The Labute approximate surface area is 147 Å². The van der Waals surface area contributed by atoms with Crippen LogP contribution >= 0.6 is 0 Å². The van der Waals surface area contributed by atoms with E-state index in [1.807, 2.05) is 32.0 Å². The highest BCUT2D eigenvalue weighted by atomic mass is 16.6. The quantitative estimate of drug-likeness (QED) is 0.695. The lowest BCUT2D eigenvalue weighted by Crippen LogP contribution is -2.55. The molecule has 1 amide bonds. The third kappa shape index (κ3) is 5.56. The fraction of sp³-hybridized carbons (Fsp3) is 0.500. The molecule has 7 heteroatoms. The van der Waals surface area contributed by atoms with Crippen LogP contribution in [0.1, 0.15) is 32.8 Å². The van der Waals surface area contributed by atoms with Crippen LogP contribution in [0.5, 0.6) is 0 Å². The molecule has 1 aromatic rings. The molecule has 0 radical (unpaired) electrons. The summed E-state index contributed by atoms with van der Waals surface area (Å²) in [4.78, 5) is 36.9. The lowest BCUT2D eigenvalue weighted by molar-refractivity contribution is -0.165. The number of carboxylic acids is 1. The minimum absolute atomic E-state index is 0.00270. The number of hydrogen-bond donors (Lipinski definition) is 2. The summed E-state index contributed by atoms with van der Waals surface area (Å²) in [5, 5.41) is 19.0. The molecule has 0 fully saturated rings. The Morgan fingerprint density at radius 3 is 2.24 bits per heavy atom. The van der Waals surface area contributed by atoms with Gasteiger partial charge in [-0.3, -0.25) is 4.79 Å². The molecule has 2 N–H and O–H groups in total. The van der Waals surface area contributed by atoms with E-state index in [9.17, 15) is 19.5 Å². The van der Waals surface area contributed by atoms with E-state index in [4.69, 9.17) is 9.84 Å². The molecule has 1 aromatic carbocycles. The van der Waals surface area contributed by atoms with Crippen LogP contribution in [0.15, 0.2) is 30.3 Å². The number of nitrogens with zero attached hydrogens (tertiary/aromatic N) is 1. The van der Waals surface area contributed by atoms with Gasteiger partial charge in [-0.15, -0.1) is 0 Å². The first kappa shape index (κ1) is 20.6. The van der Waals surface area contributed by atoms with Crippen molar-refractivity contribution in [3.63, 3.8) is 0 Å². The molecule has 0 heterocycles. The van der Waals surface area contributed by atoms with Crippen molar-refractivity contribution in [3.8, 4) is 0 Å². The molecular formula is C18H25NO6. The highest BCUT2D eigenvalue weighted by Gasteiger charge is 2.45. The maximum absolute atomic E-state index is 12.5. The number of amides is 1. The smallest absolute Gasteiger partial charge is 0.410 e. The number of rotatable bonds is 8. The third-order valence-corrected chi connectivity index (χ3v) is 3.85. The zero-order chi connectivity index (χ0) is 19.2. The second-order valence-corrected chi connectivity index (χ2v) is 6.54. The van der Waals surface area contributed by atoms with E-state index in [0.717, 1.165) is 17.4 Å². The number of carboxylic acid groups (broad SMARTS) is 1. The average Bonchev–Trinajstić information content (AvgIpc) is 2.56. The number of Topliss-reactive ketones (excluding diaryl/α,β-unsaturated/α-hetero) is 1. The molecule has 138 valence electrons. The number of aliphatic carboxylic acids is 1. The van der Waals surface area contributed by atoms with Gasteiger partial charge in [0.05, 0.1) is 6.04 Å². The van der Waals surface area contributed by atoms with Gasteiger partial charge in [0, 0.05) is 7.05 Å². The minimum Gasteiger partial charge on any atom is -0.479 e. The molecule has 1 rings (SSSR count). The van der Waals surface area contributed by atoms with Crippen LogP contribution in [-0.4, -0.2) is 51.6 Å². The molecule has 0 bridgehead atoms. The first-order chi connectivity index (χ1) is 11.6. The van der Waals surface area contributed by atoms with Crippen LogP contribution in [0.2, 0.25) is 0 Å². The molecule has 2 atom stereocenters. The molecule has 0 aliphatic rings. The summed E-state index contributed by atoms with van der Waals surface area (Å²) in [7, 11) is 1.36. The summed E-state index contributed by atoms with van der Waals surface area (Å²) in [6.45, 7) is 4.61. The van der Waals surface area contributed by atoms with Crippen molar-refractivity contribution in [2.24, 2.45) is 5.92 Å². The minimum atomic E-state index is -2.58. The van der Waals surface area contributed by atoms with Crippen LogP contribution in [0.4, 0.5) is 4.79 Å². The molecule has 0 saturated carbocycles. The Balaban J connectivity index is 2.88. The largest absolute Gasteiger partial charge is 0.479 e. The highest BCUT2D eigenvalue weighted by Crippen LogP contribution is 2.19. The summed E-state index contributed by atoms with van der Waals surface area (Å²) in [5.41, 5.74) is -1.79. The monoisotopic (exact) mass is 351 g/mol. The van der Waals surface area contributed by atoms with Crippen LogP contribution in [-0.2, 0) is 20.9 Å². The van der Waals surface area contributed by atoms with Crippen molar-refractivity contribution in [2.75, 3.05) is 7.05 Å². The van der Waals surface area contributed by atoms with Crippen molar-refractivity contribution < 1.29 is 29.3 Å². The molecule has 0 saturated heterocycles. The predicted octanol–water partition coefficient (Wildman–Crippen LogP) is 2.07.